The van der Waals surface area contributed by atoms with Gasteiger partial charge in [-0.05, 0) is 32.0 Å². The topological polar surface area (TPSA) is 76.6 Å². The summed E-state index contributed by atoms with van der Waals surface area (Å²) >= 11 is 0. The van der Waals surface area contributed by atoms with Crippen molar-refractivity contribution < 1.29 is 14.3 Å². The van der Waals surface area contributed by atoms with Crippen LogP contribution in [0.3, 0.4) is 0 Å². The molecule has 0 unspecified atom stereocenters. The van der Waals surface area contributed by atoms with E-state index in [4.69, 9.17) is 9.47 Å². The molecule has 128 valence electrons. The molecule has 0 saturated carbocycles. The standard InChI is InChI=1S/C17H22N4O3/c1-5-21(6-2)16(22)14-9-10-18-17(20-14)19-13-8-7-12(23-3)11-15(13)24-4/h7-11H,5-6H2,1-4H3,(H,18,19,20). The van der Waals surface area contributed by atoms with Gasteiger partial charge >= 0.3 is 0 Å². The summed E-state index contributed by atoms with van der Waals surface area (Å²) in [5, 5.41) is 3.07. The first kappa shape index (κ1) is 17.5. The quantitative estimate of drug-likeness (QED) is 0.841. The number of carbonyl (C=O) groups is 1. The van der Waals surface area contributed by atoms with Crippen LogP contribution in [0, 0.1) is 0 Å². The summed E-state index contributed by atoms with van der Waals surface area (Å²) < 4.78 is 10.5. The Bertz CT molecular complexity index is 702. The molecule has 24 heavy (non-hydrogen) atoms. The number of hydrogen-bond donors (Lipinski definition) is 1. The zero-order chi connectivity index (χ0) is 17.5. The van der Waals surface area contributed by atoms with Gasteiger partial charge in [-0.25, -0.2) is 9.97 Å². The van der Waals surface area contributed by atoms with Crippen LogP contribution in [-0.2, 0) is 0 Å². The van der Waals surface area contributed by atoms with E-state index in [1.165, 1.54) is 0 Å². The fraction of sp³-hybridized carbons (Fsp3) is 0.353. The monoisotopic (exact) mass is 330 g/mol. The van der Waals surface area contributed by atoms with Crippen LogP contribution in [0.2, 0.25) is 0 Å². The second-order valence-corrected chi connectivity index (χ2v) is 4.93. The summed E-state index contributed by atoms with van der Waals surface area (Å²) in [5.74, 6) is 1.49. The van der Waals surface area contributed by atoms with Crippen molar-refractivity contribution in [1.29, 1.82) is 0 Å². The van der Waals surface area contributed by atoms with Crippen LogP contribution in [0.1, 0.15) is 24.3 Å². The SMILES string of the molecule is CCN(CC)C(=O)c1ccnc(Nc2ccc(OC)cc2OC)n1. The number of anilines is 2. The molecule has 7 heteroatoms. The van der Waals surface area contributed by atoms with Crippen molar-refractivity contribution in [3.63, 3.8) is 0 Å². The van der Waals surface area contributed by atoms with Crippen LogP contribution in [-0.4, -0.2) is 48.1 Å². The third-order valence-corrected chi connectivity index (χ3v) is 3.58. The van der Waals surface area contributed by atoms with Gasteiger partial charge in [-0.3, -0.25) is 4.79 Å². The zero-order valence-electron chi connectivity index (χ0n) is 14.4. The number of ether oxygens (including phenoxy) is 2. The van der Waals surface area contributed by atoms with Crippen molar-refractivity contribution in [3.05, 3.63) is 36.2 Å². The van der Waals surface area contributed by atoms with E-state index in [0.29, 0.717) is 41.9 Å². The number of methoxy groups -OCH3 is 2. The third kappa shape index (κ3) is 3.92. The van der Waals surface area contributed by atoms with Gasteiger partial charge in [-0.2, -0.15) is 0 Å². The van der Waals surface area contributed by atoms with Gasteiger partial charge in [0.25, 0.3) is 5.91 Å². The number of nitrogens with one attached hydrogen (secondary N) is 1. The van der Waals surface area contributed by atoms with E-state index < -0.39 is 0 Å². The molecule has 0 atom stereocenters. The van der Waals surface area contributed by atoms with Crippen molar-refractivity contribution >= 4 is 17.5 Å². The molecule has 1 heterocycles. The smallest absolute Gasteiger partial charge is 0.272 e. The predicted octanol–water partition coefficient (Wildman–Crippen LogP) is 2.72. The highest BCUT2D eigenvalue weighted by Crippen LogP contribution is 2.30. The molecule has 0 radical (unpaired) electrons. The van der Waals surface area contributed by atoms with E-state index in [0.717, 1.165) is 0 Å². The number of benzene rings is 1. The Balaban J connectivity index is 2.25. The maximum Gasteiger partial charge on any atom is 0.272 e. The van der Waals surface area contributed by atoms with Crippen molar-refractivity contribution in [2.75, 3.05) is 32.6 Å². The van der Waals surface area contributed by atoms with E-state index in [1.807, 2.05) is 13.8 Å². The highest BCUT2D eigenvalue weighted by Gasteiger charge is 2.15. The summed E-state index contributed by atoms with van der Waals surface area (Å²) in [7, 11) is 3.16. The molecule has 7 nitrogen and oxygen atoms in total. The van der Waals surface area contributed by atoms with Gasteiger partial charge in [-0.1, -0.05) is 0 Å². The highest BCUT2D eigenvalue weighted by molar-refractivity contribution is 5.92. The van der Waals surface area contributed by atoms with Gasteiger partial charge in [0.05, 0.1) is 19.9 Å². The Morgan fingerprint density at radius 3 is 2.54 bits per heavy atom. The van der Waals surface area contributed by atoms with Gasteiger partial charge in [-0.15, -0.1) is 0 Å². The van der Waals surface area contributed by atoms with Crippen LogP contribution in [0.15, 0.2) is 30.5 Å². The Labute approximate surface area is 141 Å². The molecule has 1 amide bonds. The molecule has 0 fully saturated rings. The van der Waals surface area contributed by atoms with Crippen LogP contribution >= 0.6 is 0 Å². The first-order valence-electron chi connectivity index (χ1n) is 7.74. The van der Waals surface area contributed by atoms with Gasteiger partial charge in [0.15, 0.2) is 0 Å². The molecule has 2 aromatic rings. The maximum atomic E-state index is 12.4. The van der Waals surface area contributed by atoms with Gasteiger partial charge in [0.2, 0.25) is 5.95 Å². The zero-order valence-corrected chi connectivity index (χ0v) is 14.4. The van der Waals surface area contributed by atoms with Crippen molar-refractivity contribution in [2.45, 2.75) is 13.8 Å². The fourth-order valence-corrected chi connectivity index (χ4v) is 2.23. The predicted molar refractivity (Wildman–Crippen MR) is 92.1 cm³/mol. The third-order valence-electron chi connectivity index (χ3n) is 3.58. The average Bonchev–Trinajstić information content (AvgIpc) is 2.63. The summed E-state index contributed by atoms with van der Waals surface area (Å²) in [4.78, 5) is 22.6. The van der Waals surface area contributed by atoms with E-state index in [-0.39, 0.29) is 5.91 Å². The first-order valence-corrected chi connectivity index (χ1v) is 7.74. The van der Waals surface area contributed by atoms with E-state index in [1.54, 1.807) is 49.6 Å². The Morgan fingerprint density at radius 1 is 1.17 bits per heavy atom. The normalized spacial score (nSPS) is 10.2. The molecule has 0 aliphatic carbocycles. The lowest BCUT2D eigenvalue weighted by molar-refractivity contribution is 0.0767. The van der Waals surface area contributed by atoms with Crippen LogP contribution in [0.5, 0.6) is 11.5 Å². The summed E-state index contributed by atoms with van der Waals surface area (Å²) in [5.41, 5.74) is 1.04. The largest absolute Gasteiger partial charge is 0.497 e. The molecule has 0 saturated heterocycles. The minimum atomic E-state index is -0.118. The number of amides is 1. The highest BCUT2D eigenvalue weighted by atomic mass is 16.5. The lowest BCUT2D eigenvalue weighted by atomic mass is 10.2. The average molecular weight is 330 g/mol. The molecule has 1 N–H and O–H groups in total. The fourth-order valence-electron chi connectivity index (χ4n) is 2.23. The van der Waals surface area contributed by atoms with Crippen LogP contribution in [0.4, 0.5) is 11.6 Å². The molecule has 2 rings (SSSR count). The molecule has 0 aliphatic rings. The van der Waals surface area contributed by atoms with Crippen molar-refractivity contribution in [3.8, 4) is 11.5 Å². The van der Waals surface area contributed by atoms with Gasteiger partial charge < -0.3 is 19.7 Å². The number of hydrogen-bond acceptors (Lipinski definition) is 6. The van der Waals surface area contributed by atoms with E-state index in [2.05, 4.69) is 15.3 Å². The minimum Gasteiger partial charge on any atom is -0.497 e. The number of aromatic nitrogens is 2. The Kier molecular flexibility index (Phi) is 5.95. The molecule has 0 bridgehead atoms. The second-order valence-electron chi connectivity index (χ2n) is 4.93. The summed E-state index contributed by atoms with van der Waals surface area (Å²) in [6.45, 7) is 5.14. The molecule has 1 aromatic carbocycles. The molecule has 0 spiro atoms. The lowest BCUT2D eigenvalue weighted by Crippen LogP contribution is -2.31. The van der Waals surface area contributed by atoms with Crippen molar-refractivity contribution in [2.24, 2.45) is 0 Å². The number of nitrogens with zero attached hydrogens (tertiary/aromatic N) is 3. The van der Waals surface area contributed by atoms with E-state index in [9.17, 15) is 4.79 Å². The maximum absolute atomic E-state index is 12.4. The van der Waals surface area contributed by atoms with Crippen molar-refractivity contribution in [1.82, 2.24) is 14.9 Å². The van der Waals surface area contributed by atoms with Crippen LogP contribution in [0.25, 0.3) is 0 Å². The second kappa shape index (κ2) is 8.14. The van der Waals surface area contributed by atoms with Gasteiger partial charge in [0.1, 0.15) is 17.2 Å². The summed E-state index contributed by atoms with van der Waals surface area (Å²) in [6, 6.07) is 6.97. The van der Waals surface area contributed by atoms with Crippen LogP contribution < -0.4 is 14.8 Å². The molecule has 0 aliphatic heterocycles. The Morgan fingerprint density at radius 2 is 1.92 bits per heavy atom. The molecular weight excluding hydrogens is 308 g/mol. The number of carbonyl (C=O) groups excluding carboxylic acids is 1. The molecular formula is C17H22N4O3. The lowest BCUT2D eigenvalue weighted by Gasteiger charge is -2.18. The van der Waals surface area contributed by atoms with Gasteiger partial charge in [0, 0.05) is 25.4 Å². The van der Waals surface area contributed by atoms with E-state index >= 15 is 0 Å². The minimum absolute atomic E-state index is 0.118. The summed E-state index contributed by atoms with van der Waals surface area (Å²) in [6.07, 6.45) is 1.56. The first-order chi connectivity index (χ1) is 11.6. The Hall–Kier alpha value is -2.83. The number of rotatable bonds is 7. The molecule has 1 aromatic heterocycles.